The zero-order valence-electron chi connectivity index (χ0n) is 19.9. The largest absolute Gasteiger partial charge is 0.490 e. The number of unbranched alkanes of at least 4 members (excludes halogenated alkanes) is 3. The highest BCUT2D eigenvalue weighted by atomic mass is 16.5. The van der Waals surface area contributed by atoms with Gasteiger partial charge in [0, 0.05) is 26.6 Å². The lowest BCUT2D eigenvalue weighted by Gasteiger charge is -2.14. The predicted molar refractivity (Wildman–Crippen MR) is 123 cm³/mol. The average Bonchev–Trinajstić information content (AvgIpc) is 2.77. The van der Waals surface area contributed by atoms with Crippen molar-refractivity contribution >= 4 is 11.9 Å². The molecule has 0 radical (unpaired) electrons. The van der Waals surface area contributed by atoms with Crippen molar-refractivity contribution in [3.8, 4) is 11.5 Å². The normalized spacial score (nSPS) is 11.7. The Labute approximate surface area is 192 Å². The molecule has 0 spiro atoms. The third-order valence-electron chi connectivity index (χ3n) is 5.12. The minimum atomic E-state index is -0.716. The third-order valence-corrected chi connectivity index (χ3v) is 5.12. The molecule has 1 N–H and O–H groups in total. The van der Waals surface area contributed by atoms with Gasteiger partial charge in [0.1, 0.15) is 0 Å². The molecule has 0 aliphatic heterocycles. The van der Waals surface area contributed by atoms with E-state index in [1.54, 1.807) is 21.0 Å². The Bertz CT molecular complexity index is 660. The Morgan fingerprint density at radius 2 is 1.66 bits per heavy atom. The van der Waals surface area contributed by atoms with Gasteiger partial charge in [-0.3, -0.25) is 9.59 Å². The van der Waals surface area contributed by atoms with Crippen LogP contribution < -0.4 is 9.47 Å². The standard InChI is InChI=1S/C25H40O7/c1-4-30-24(26)13-9-17-31-22-15-14-21(19-23(22)32-18-10-16-29-3)12-8-6-5-7-11-20(2)25(27)28/h14-15,19-20H,4-13,16-18H2,1-3H3,(H,27,28)/t20-/m1/s1. The van der Waals surface area contributed by atoms with Crippen LogP contribution >= 0.6 is 0 Å². The molecule has 32 heavy (non-hydrogen) atoms. The van der Waals surface area contributed by atoms with Crippen LogP contribution in [0, 0.1) is 5.92 Å². The average molecular weight is 453 g/mol. The highest BCUT2D eigenvalue weighted by Gasteiger charge is 2.10. The molecule has 0 heterocycles. The van der Waals surface area contributed by atoms with Crippen LogP contribution in [-0.2, 0) is 25.5 Å². The van der Waals surface area contributed by atoms with Crippen LogP contribution in [0.25, 0.3) is 0 Å². The van der Waals surface area contributed by atoms with E-state index in [1.807, 2.05) is 12.1 Å². The van der Waals surface area contributed by atoms with Gasteiger partial charge in [0.15, 0.2) is 11.5 Å². The van der Waals surface area contributed by atoms with Gasteiger partial charge in [-0.05, 0) is 50.3 Å². The first-order valence-electron chi connectivity index (χ1n) is 11.7. The summed E-state index contributed by atoms with van der Waals surface area (Å²) in [7, 11) is 1.67. The second-order valence-electron chi connectivity index (χ2n) is 7.93. The zero-order valence-corrected chi connectivity index (χ0v) is 19.9. The quantitative estimate of drug-likeness (QED) is 0.232. The monoisotopic (exact) mass is 452 g/mol. The number of carboxylic acids is 1. The number of rotatable bonds is 19. The van der Waals surface area contributed by atoms with E-state index >= 15 is 0 Å². The number of carbonyl (C=O) groups is 2. The minimum Gasteiger partial charge on any atom is -0.490 e. The molecule has 182 valence electrons. The number of ether oxygens (including phenoxy) is 4. The number of hydrogen-bond acceptors (Lipinski definition) is 6. The SMILES string of the molecule is CCOC(=O)CCCOc1ccc(CCCCCC[C@@H](C)C(=O)O)cc1OCCCOC. The van der Waals surface area contributed by atoms with Gasteiger partial charge < -0.3 is 24.1 Å². The van der Waals surface area contributed by atoms with E-state index in [4.69, 9.17) is 24.1 Å². The van der Waals surface area contributed by atoms with Crippen LogP contribution in [0.1, 0.15) is 70.8 Å². The molecule has 0 aliphatic carbocycles. The maximum atomic E-state index is 11.5. The summed E-state index contributed by atoms with van der Waals surface area (Å²) < 4.78 is 21.8. The fourth-order valence-electron chi connectivity index (χ4n) is 3.21. The molecule has 7 heteroatoms. The molecule has 0 bridgehead atoms. The Kier molecular flexibility index (Phi) is 15.0. The molecule has 1 aromatic rings. The zero-order chi connectivity index (χ0) is 23.6. The van der Waals surface area contributed by atoms with Crippen molar-refractivity contribution in [3.05, 3.63) is 23.8 Å². The van der Waals surface area contributed by atoms with E-state index in [0.717, 1.165) is 44.9 Å². The summed E-state index contributed by atoms with van der Waals surface area (Å²) in [6.45, 7) is 5.54. The Morgan fingerprint density at radius 1 is 0.938 bits per heavy atom. The Hall–Kier alpha value is -2.28. The lowest BCUT2D eigenvalue weighted by Crippen LogP contribution is -2.08. The first kappa shape index (κ1) is 27.8. The van der Waals surface area contributed by atoms with E-state index in [-0.39, 0.29) is 11.9 Å². The first-order chi connectivity index (χ1) is 15.5. The minimum absolute atomic E-state index is 0.208. The van der Waals surface area contributed by atoms with Crippen molar-refractivity contribution in [1.29, 1.82) is 0 Å². The van der Waals surface area contributed by atoms with Crippen LogP contribution in [0.2, 0.25) is 0 Å². The maximum Gasteiger partial charge on any atom is 0.306 e. The summed E-state index contributed by atoms with van der Waals surface area (Å²) in [5.74, 6) is 0.200. The first-order valence-corrected chi connectivity index (χ1v) is 11.7. The Morgan fingerprint density at radius 3 is 2.38 bits per heavy atom. The van der Waals surface area contributed by atoms with Crippen molar-refractivity contribution in [2.75, 3.05) is 33.5 Å². The fraction of sp³-hybridized carbons (Fsp3) is 0.680. The number of carbonyl (C=O) groups excluding carboxylic acids is 1. The molecule has 1 atom stereocenters. The molecule has 1 aromatic carbocycles. The van der Waals surface area contributed by atoms with Crippen LogP contribution in [0.15, 0.2) is 18.2 Å². The Balaban J connectivity index is 2.50. The van der Waals surface area contributed by atoms with Crippen LogP contribution in [0.4, 0.5) is 0 Å². The fourth-order valence-corrected chi connectivity index (χ4v) is 3.21. The van der Waals surface area contributed by atoms with E-state index < -0.39 is 5.97 Å². The van der Waals surface area contributed by atoms with Gasteiger partial charge in [-0.2, -0.15) is 0 Å². The van der Waals surface area contributed by atoms with Gasteiger partial charge in [0.2, 0.25) is 0 Å². The van der Waals surface area contributed by atoms with E-state index in [1.165, 1.54) is 5.56 Å². The number of methoxy groups -OCH3 is 1. The summed E-state index contributed by atoms with van der Waals surface area (Å²) in [5, 5.41) is 8.94. The predicted octanol–water partition coefficient (Wildman–Crippen LogP) is 5.04. The topological polar surface area (TPSA) is 91.3 Å². The summed E-state index contributed by atoms with van der Waals surface area (Å²) in [4.78, 5) is 22.3. The van der Waals surface area contributed by atoms with Gasteiger partial charge >= 0.3 is 11.9 Å². The van der Waals surface area contributed by atoms with Crippen LogP contribution in [-0.4, -0.2) is 50.6 Å². The molecule has 0 fully saturated rings. The van der Waals surface area contributed by atoms with Crippen molar-refractivity contribution < 1.29 is 33.6 Å². The lowest BCUT2D eigenvalue weighted by atomic mass is 10.0. The van der Waals surface area contributed by atoms with Gasteiger partial charge in [-0.25, -0.2) is 0 Å². The van der Waals surface area contributed by atoms with Gasteiger partial charge in [0.25, 0.3) is 0 Å². The number of hydrogen-bond donors (Lipinski definition) is 1. The molecule has 0 saturated carbocycles. The van der Waals surface area contributed by atoms with Crippen molar-refractivity contribution in [3.63, 3.8) is 0 Å². The number of carboxylic acid groups (broad SMARTS) is 1. The van der Waals surface area contributed by atoms with Gasteiger partial charge in [-0.15, -0.1) is 0 Å². The van der Waals surface area contributed by atoms with Gasteiger partial charge in [-0.1, -0.05) is 32.3 Å². The van der Waals surface area contributed by atoms with Crippen molar-refractivity contribution in [2.24, 2.45) is 5.92 Å². The van der Waals surface area contributed by atoms with E-state index in [2.05, 4.69) is 6.07 Å². The van der Waals surface area contributed by atoms with Crippen LogP contribution in [0.5, 0.6) is 11.5 Å². The molecule has 0 unspecified atom stereocenters. The maximum absolute atomic E-state index is 11.5. The lowest BCUT2D eigenvalue weighted by molar-refractivity contribution is -0.143. The van der Waals surface area contributed by atoms with Crippen molar-refractivity contribution in [2.45, 2.75) is 71.6 Å². The van der Waals surface area contributed by atoms with E-state index in [9.17, 15) is 9.59 Å². The molecule has 0 aromatic heterocycles. The van der Waals surface area contributed by atoms with Crippen LogP contribution in [0.3, 0.4) is 0 Å². The second-order valence-corrected chi connectivity index (χ2v) is 7.93. The number of aliphatic carboxylic acids is 1. The molecular weight excluding hydrogens is 412 g/mol. The number of aryl methyl sites for hydroxylation is 1. The molecule has 7 nitrogen and oxygen atoms in total. The highest BCUT2D eigenvalue weighted by Crippen LogP contribution is 2.29. The third kappa shape index (κ3) is 12.5. The number of benzene rings is 1. The summed E-state index contributed by atoms with van der Waals surface area (Å²) >= 11 is 0. The second kappa shape index (κ2) is 17.3. The summed E-state index contributed by atoms with van der Waals surface area (Å²) in [6, 6.07) is 6.01. The highest BCUT2D eigenvalue weighted by molar-refractivity contribution is 5.69. The number of esters is 1. The molecule has 0 aliphatic rings. The summed E-state index contributed by atoms with van der Waals surface area (Å²) in [5.41, 5.74) is 1.18. The molecule has 0 amide bonds. The smallest absolute Gasteiger partial charge is 0.306 e. The van der Waals surface area contributed by atoms with Crippen molar-refractivity contribution in [1.82, 2.24) is 0 Å². The van der Waals surface area contributed by atoms with Gasteiger partial charge in [0.05, 0.1) is 25.7 Å². The molecule has 0 saturated heterocycles. The molecular formula is C25H40O7. The molecule has 1 rings (SSSR count). The summed E-state index contributed by atoms with van der Waals surface area (Å²) in [6.07, 6.45) is 7.48. The van der Waals surface area contributed by atoms with E-state index in [0.29, 0.717) is 50.8 Å².